The molecule has 0 amide bonds. The van der Waals surface area contributed by atoms with Gasteiger partial charge < -0.3 is 10.5 Å². The molecule has 3 nitrogen and oxygen atoms in total. The molecule has 0 spiro atoms. The fourth-order valence-corrected chi connectivity index (χ4v) is 2.20. The van der Waals surface area contributed by atoms with E-state index in [0.717, 1.165) is 23.4 Å². The standard InChI is InChI=1S/C12H17NO2S/c1-9-8-10(5-6-11(9)13)16-7-3-4-12(14)15-2/h5-6,8H,3-4,7,13H2,1-2H3. The molecule has 0 aliphatic carbocycles. The largest absolute Gasteiger partial charge is 0.469 e. The smallest absolute Gasteiger partial charge is 0.305 e. The van der Waals surface area contributed by atoms with Gasteiger partial charge in [0.05, 0.1) is 7.11 Å². The van der Waals surface area contributed by atoms with E-state index in [1.165, 1.54) is 12.0 Å². The van der Waals surface area contributed by atoms with Crippen LogP contribution in [0.15, 0.2) is 23.1 Å². The Morgan fingerprint density at radius 2 is 2.25 bits per heavy atom. The Labute approximate surface area is 100 Å². The van der Waals surface area contributed by atoms with Crippen LogP contribution in [0.5, 0.6) is 0 Å². The molecule has 1 rings (SSSR count). The van der Waals surface area contributed by atoms with E-state index in [-0.39, 0.29) is 5.97 Å². The maximum Gasteiger partial charge on any atom is 0.305 e. The van der Waals surface area contributed by atoms with Crippen LogP contribution in [0.4, 0.5) is 5.69 Å². The predicted octanol–water partition coefficient (Wildman–Crippen LogP) is 2.62. The van der Waals surface area contributed by atoms with E-state index in [2.05, 4.69) is 10.8 Å². The Kier molecular flexibility index (Phi) is 5.19. The number of nitrogens with two attached hydrogens (primary N) is 1. The van der Waals surface area contributed by atoms with E-state index in [9.17, 15) is 4.79 Å². The SMILES string of the molecule is COC(=O)CCCSc1ccc(N)c(C)c1. The van der Waals surface area contributed by atoms with E-state index in [0.29, 0.717) is 6.42 Å². The van der Waals surface area contributed by atoms with Gasteiger partial charge in [0.25, 0.3) is 0 Å². The number of benzene rings is 1. The lowest BCUT2D eigenvalue weighted by Crippen LogP contribution is -2.00. The molecule has 88 valence electrons. The first-order valence-corrected chi connectivity index (χ1v) is 6.18. The second-order valence-corrected chi connectivity index (χ2v) is 4.71. The zero-order valence-electron chi connectivity index (χ0n) is 9.66. The summed E-state index contributed by atoms with van der Waals surface area (Å²) in [6.07, 6.45) is 1.32. The summed E-state index contributed by atoms with van der Waals surface area (Å²) < 4.78 is 4.57. The average Bonchev–Trinajstić information content (AvgIpc) is 2.28. The van der Waals surface area contributed by atoms with Gasteiger partial charge in [-0.3, -0.25) is 4.79 Å². The summed E-state index contributed by atoms with van der Waals surface area (Å²) in [5.74, 6) is 0.771. The number of esters is 1. The lowest BCUT2D eigenvalue weighted by atomic mass is 10.2. The summed E-state index contributed by atoms with van der Waals surface area (Å²) in [7, 11) is 1.42. The van der Waals surface area contributed by atoms with Crippen molar-refractivity contribution in [1.82, 2.24) is 0 Å². The average molecular weight is 239 g/mol. The molecule has 0 saturated heterocycles. The fourth-order valence-electron chi connectivity index (χ4n) is 1.25. The van der Waals surface area contributed by atoms with E-state index in [1.807, 2.05) is 19.1 Å². The van der Waals surface area contributed by atoms with Crippen molar-refractivity contribution in [3.05, 3.63) is 23.8 Å². The number of rotatable bonds is 5. The first kappa shape index (κ1) is 12.9. The number of ether oxygens (including phenoxy) is 1. The van der Waals surface area contributed by atoms with Crippen molar-refractivity contribution in [2.45, 2.75) is 24.7 Å². The Morgan fingerprint density at radius 1 is 1.50 bits per heavy atom. The Hall–Kier alpha value is -1.16. The molecule has 0 saturated carbocycles. The van der Waals surface area contributed by atoms with E-state index in [1.54, 1.807) is 11.8 Å². The first-order valence-electron chi connectivity index (χ1n) is 5.19. The number of nitrogen functional groups attached to an aromatic ring is 1. The van der Waals surface area contributed by atoms with Crippen LogP contribution in [-0.4, -0.2) is 18.8 Å². The number of thioether (sulfide) groups is 1. The number of anilines is 1. The monoisotopic (exact) mass is 239 g/mol. The minimum absolute atomic E-state index is 0.144. The molecule has 0 radical (unpaired) electrons. The van der Waals surface area contributed by atoms with E-state index < -0.39 is 0 Å². The van der Waals surface area contributed by atoms with Gasteiger partial charge in [-0.1, -0.05) is 0 Å². The van der Waals surface area contributed by atoms with Gasteiger partial charge in [-0.05, 0) is 42.9 Å². The molecule has 0 heterocycles. The highest BCUT2D eigenvalue weighted by molar-refractivity contribution is 7.99. The number of hydrogen-bond acceptors (Lipinski definition) is 4. The van der Waals surface area contributed by atoms with Crippen molar-refractivity contribution >= 4 is 23.4 Å². The summed E-state index contributed by atoms with van der Waals surface area (Å²) in [5.41, 5.74) is 7.64. The number of methoxy groups -OCH3 is 1. The molecule has 1 aromatic carbocycles. The minimum atomic E-state index is -0.144. The highest BCUT2D eigenvalue weighted by Crippen LogP contribution is 2.23. The molecular weight excluding hydrogens is 222 g/mol. The van der Waals surface area contributed by atoms with Crippen LogP contribution >= 0.6 is 11.8 Å². The van der Waals surface area contributed by atoms with Gasteiger partial charge in [0, 0.05) is 17.0 Å². The summed E-state index contributed by atoms with van der Waals surface area (Å²) in [6.45, 7) is 1.99. The maximum absolute atomic E-state index is 10.9. The molecule has 0 aliphatic heterocycles. The number of carbonyl (C=O) groups is 1. The van der Waals surface area contributed by atoms with Gasteiger partial charge in [-0.25, -0.2) is 0 Å². The molecule has 16 heavy (non-hydrogen) atoms. The summed E-state index contributed by atoms with van der Waals surface area (Å²) >= 11 is 1.73. The second kappa shape index (κ2) is 6.43. The molecular formula is C12H17NO2S. The van der Waals surface area contributed by atoms with Crippen LogP contribution in [0.3, 0.4) is 0 Å². The highest BCUT2D eigenvalue weighted by Gasteiger charge is 2.01. The number of carbonyl (C=O) groups excluding carboxylic acids is 1. The first-order chi connectivity index (χ1) is 7.63. The van der Waals surface area contributed by atoms with Crippen molar-refractivity contribution in [3.63, 3.8) is 0 Å². The Bertz CT molecular complexity index is 366. The molecule has 0 aromatic heterocycles. The number of hydrogen-bond donors (Lipinski definition) is 1. The van der Waals surface area contributed by atoms with Crippen LogP contribution in [0.25, 0.3) is 0 Å². The molecule has 4 heteroatoms. The predicted molar refractivity (Wildman–Crippen MR) is 67.6 cm³/mol. The van der Waals surface area contributed by atoms with Gasteiger partial charge in [-0.15, -0.1) is 11.8 Å². The molecule has 0 unspecified atom stereocenters. The zero-order valence-corrected chi connectivity index (χ0v) is 10.5. The molecule has 0 atom stereocenters. The van der Waals surface area contributed by atoms with Gasteiger partial charge in [0.2, 0.25) is 0 Å². The van der Waals surface area contributed by atoms with Crippen LogP contribution in [0.2, 0.25) is 0 Å². The molecule has 2 N–H and O–H groups in total. The number of aryl methyl sites for hydroxylation is 1. The van der Waals surface area contributed by atoms with Crippen molar-refractivity contribution in [2.24, 2.45) is 0 Å². The summed E-state index contributed by atoms with van der Waals surface area (Å²) in [6, 6.07) is 5.99. The molecule has 0 aliphatic rings. The van der Waals surface area contributed by atoms with Crippen LogP contribution in [-0.2, 0) is 9.53 Å². The van der Waals surface area contributed by atoms with E-state index >= 15 is 0 Å². The molecule has 0 bridgehead atoms. The third-order valence-corrected chi connectivity index (χ3v) is 3.34. The highest BCUT2D eigenvalue weighted by atomic mass is 32.2. The quantitative estimate of drug-likeness (QED) is 0.371. The third kappa shape index (κ3) is 4.14. The molecule has 0 fully saturated rings. The van der Waals surface area contributed by atoms with E-state index in [4.69, 9.17) is 5.73 Å². The van der Waals surface area contributed by atoms with Crippen molar-refractivity contribution < 1.29 is 9.53 Å². The van der Waals surface area contributed by atoms with Crippen LogP contribution < -0.4 is 5.73 Å². The van der Waals surface area contributed by atoms with Crippen molar-refractivity contribution in [3.8, 4) is 0 Å². The summed E-state index contributed by atoms with van der Waals surface area (Å²) in [5, 5.41) is 0. The van der Waals surface area contributed by atoms with Crippen LogP contribution in [0, 0.1) is 6.92 Å². The van der Waals surface area contributed by atoms with Crippen LogP contribution in [0.1, 0.15) is 18.4 Å². The maximum atomic E-state index is 10.9. The normalized spacial score (nSPS) is 10.1. The van der Waals surface area contributed by atoms with Gasteiger partial charge in [0.1, 0.15) is 0 Å². The zero-order chi connectivity index (χ0) is 12.0. The topological polar surface area (TPSA) is 52.3 Å². The second-order valence-electron chi connectivity index (χ2n) is 3.55. The lowest BCUT2D eigenvalue weighted by Gasteiger charge is -2.04. The van der Waals surface area contributed by atoms with Gasteiger partial charge in [0.15, 0.2) is 0 Å². The molecule has 1 aromatic rings. The van der Waals surface area contributed by atoms with Gasteiger partial charge >= 0.3 is 5.97 Å². The lowest BCUT2D eigenvalue weighted by molar-refractivity contribution is -0.140. The fraction of sp³-hybridized carbons (Fsp3) is 0.417. The van der Waals surface area contributed by atoms with Crippen molar-refractivity contribution in [2.75, 3.05) is 18.6 Å². The summed E-state index contributed by atoms with van der Waals surface area (Å²) in [4.78, 5) is 12.1. The van der Waals surface area contributed by atoms with Gasteiger partial charge in [-0.2, -0.15) is 0 Å². The Balaban J connectivity index is 2.32. The Morgan fingerprint density at radius 3 is 2.88 bits per heavy atom. The minimum Gasteiger partial charge on any atom is -0.469 e. The third-order valence-electron chi connectivity index (χ3n) is 2.26. The van der Waals surface area contributed by atoms with Crippen molar-refractivity contribution in [1.29, 1.82) is 0 Å².